The van der Waals surface area contributed by atoms with E-state index in [9.17, 15) is 8.78 Å². The van der Waals surface area contributed by atoms with Crippen molar-refractivity contribution in [1.82, 2.24) is 9.97 Å². The number of rotatable bonds is 6. The van der Waals surface area contributed by atoms with Crippen LogP contribution >= 0.6 is 0 Å². The highest BCUT2D eigenvalue weighted by atomic mass is 19.3. The molecule has 90 valence electrons. The third-order valence-corrected chi connectivity index (χ3v) is 1.76. The Morgan fingerprint density at radius 1 is 1.38 bits per heavy atom. The maximum Gasteiger partial charge on any atom is 0.261 e. The molecule has 0 aromatic carbocycles. The number of anilines is 1. The van der Waals surface area contributed by atoms with Crippen LogP contribution in [0.2, 0.25) is 0 Å². The second-order valence-corrected chi connectivity index (χ2v) is 3.33. The van der Waals surface area contributed by atoms with E-state index < -0.39 is 13.0 Å². The molecule has 0 atom stereocenters. The summed E-state index contributed by atoms with van der Waals surface area (Å²) in [5, 5.41) is 2.98. The molecule has 0 saturated heterocycles. The summed E-state index contributed by atoms with van der Waals surface area (Å²) in [6.07, 6.45) is -2.41. The maximum absolute atomic E-state index is 11.7. The highest BCUT2D eigenvalue weighted by Crippen LogP contribution is 2.04. The Balaban J connectivity index is 2.26. The zero-order valence-corrected chi connectivity index (χ0v) is 9.33. The normalized spacial score (nSPS) is 10.8. The molecule has 0 aliphatic carbocycles. The van der Waals surface area contributed by atoms with Crippen LogP contribution in [0, 0.1) is 13.8 Å². The minimum atomic E-state index is -2.41. The molecule has 16 heavy (non-hydrogen) atoms. The van der Waals surface area contributed by atoms with Gasteiger partial charge in [0.2, 0.25) is 0 Å². The summed E-state index contributed by atoms with van der Waals surface area (Å²) >= 11 is 0. The number of aromatic nitrogens is 2. The van der Waals surface area contributed by atoms with Crippen molar-refractivity contribution >= 4 is 5.82 Å². The van der Waals surface area contributed by atoms with Crippen LogP contribution in [-0.2, 0) is 4.74 Å². The summed E-state index contributed by atoms with van der Waals surface area (Å²) in [6, 6.07) is 1.79. The van der Waals surface area contributed by atoms with Crippen LogP contribution in [0.15, 0.2) is 6.07 Å². The molecule has 0 fully saturated rings. The van der Waals surface area contributed by atoms with E-state index in [1.165, 1.54) is 0 Å². The highest BCUT2D eigenvalue weighted by molar-refractivity contribution is 5.35. The summed E-state index contributed by atoms with van der Waals surface area (Å²) in [7, 11) is 0. The van der Waals surface area contributed by atoms with Crippen LogP contribution in [0.3, 0.4) is 0 Å². The zero-order chi connectivity index (χ0) is 12.0. The van der Waals surface area contributed by atoms with Gasteiger partial charge in [0.25, 0.3) is 6.43 Å². The predicted molar refractivity (Wildman–Crippen MR) is 56.8 cm³/mol. The van der Waals surface area contributed by atoms with Crippen LogP contribution in [0.4, 0.5) is 14.6 Å². The standard InChI is InChI=1S/C10H15F2N3O/c1-7-5-10(15-8(2)14-7)13-3-4-16-6-9(11)12/h5,9H,3-4,6H2,1-2H3,(H,13,14,15). The fourth-order valence-electron chi connectivity index (χ4n) is 1.23. The Morgan fingerprint density at radius 3 is 2.75 bits per heavy atom. The summed E-state index contributed by atoms with van der Waals surface area (Å²) in [5.41, 5.74) is 0.864. The molecule has 0 saturated carbocycles. The summed E-state index contributed by atoms with van der Waals surface area (Å²) in [5.74, 6) is 1.36. The van der Waals surface area contributed by atoms with Gasteiger partial charge >= 0.3 is 0 Å². The van der Waals surface area contributed by atoms with Crippen molar-refractivity contribution in [3.63, 3.8) is 0 Å². The summed E-state index contributed by atoms with van der Waals surface area (Å²) in [6.45, 7) is 3.82. The van der Waals surface area contributed by atoms with Crippen LogP contribution in [0.25, 0.3) is 0 Å². The monoisotopic (exact) mass is 231 g/mol. The SMILES string of the molecule is Cc1cc(NCCOCC(F)F)nc(C)n1. The van der Waals surface area contributed by atoms with Gasteiger partial charge in [-0.15, -0.1) is 0 Å². The quantitative estimate of drug-likeness (QED) is 0.758. The smallest absolute Gasteiger partial charge is 0.261 e. The van der Waals surface area contributed by atoms with Crippen molar-refractivity contribution in [3.05, 3.63) is 17.6 Å². The fraction of sp³-hybridized carbons (Fsp3) is 0.600. The molecule has 0 unspecified atom stereocenters. The Morgan fingerprint density at radius 2 is 2.12 bits per heavy atom. The van der Waals surface area contributed by atoms with Gasteiger partial charge in [0.05, 0.1) is 6.61 Å². The first kappa shape index (κ1) is 12.8. The number of hydrogen-bond donors (Lipinski definition) is 1. The number of halogens is 2. The lowest BCUT2D eigenvalue weighted by molar-refractivity contribution is 0.0215. The zero-order valence-electron chi connectivity index (χ0n) is 9.33. The summed E-state index contributed by atoms with van der Waals surface area (Å²) in [4.78, 5) is 8.26. The van der Waals surface area contributed by atoms with Crippen molar-refractivity contribution in [2.45, 2.75) is 20.3 Å². The van der Waals surface area contributed by atoms with E-state index in [4.69, 9.17) is 4.74 Å². The van der Waals surface area contributed by atoms with Crippen molar-refractivity contribution < 1.29 is 13.5 Å². The van der Waals surface area contributed by atoms with E-state index >= 15 is 0 Å². The van der Waals surface area contributed by atoms with E-state index in [1.54, 1.807) is 13.0 Å². The van der Waals surface area contributed by atoms with Gasteiger partial charge in [-0.1, -0.05) is 0 Å². The minimum Gasteiger partial charge on any atom is -0.374 e. The fourth-order valence-corrected chi connectivity index (χ4v) is 1.23. The third-order valence-electron chi connectivity index (χ3n) is 1.76. The third kappa shape index (κ3) is 4.97. The van der Waals surface area contributed by atoms with E-state index in [0.29, 0.717) is 18.2 Å². The molecule has 0 amide bonds. The Hall–Kier alpha value is -1.30. The molecule has 4 nitrogen and oxygen atoms in total. The van der Waals surface area contributed by atoms with Crippen LogP contribution in [0.1, 0.15) is 11.5 Å². The average Bonchev–Trinajstić information content (AvgIpc) is 2.15. The van der Waals surface area contributed by atoms with Gasteiger partial charge in [0.1, 0.15) is 18.2 Å². The summed E-state index contributed by atoms with van der Waals surface area (Å²) < 4.78 is 28.2. The number of hydrogen-bond acceptors (Lipinski definition) is 4. The lowest BCUT2D eigenvalue weighted by Crippen LogP contribution is -2.14. The Bertz CT molecular complexity index is 314. The molecule has 1 N–H and O–H groups in total. The molecule has 0 radical (unpaired) electrons. The molecule has 0 aliphatic rings. The van der Waals surface area contributed by atoms with E-state index in [-0.39, 0.29) is 6.61 Å². The molecule has 1 aromatic rings. The van der Waals surface area contributed by atoms with E-state index in [2.05, 4.69) is 15.3 Å². The van der Waals surface area contributed by atoms with Crippen molar-refractivity contribution in [3.8, 4) is 0 Å². The molecule has 1 aromatic heterocycles. The first-order valence-electron chi connectivity index (χ1n) is 5.00. The minimum absolute atomic E-state index is 0.229. The largest absolute Gasteiger partial charge is 0.374 e. The number of nitrogens with zero attached hydrogens (tertiary/aromatic N) is 2. The van der Waals surface area contributed by atoms with Crippen molar-refractivity contribution in [1.29, 1.82) is 0 Å². The second kappa shape index (κ2) is 6.32. The number of ether oxygens (including phenoxy) is 1. The number of nitrogens with one attached hydrogen (secondary N) is 1. The lowest BCUT2D eigenvalue weighted by Gasteiger charge is -2.07. The molecule has 6 heteroatoms. The molecular weight excluding hydrogens is 216 g/mol. The lowest BCUT2D eigenvalue weighted by atomic mass is 10.4. The van der Waals surface area contributed by atoms with Gasteiger partial charge in [-0.25, -0.2) is 18.7 Å². The van der Waals surface area contributed by atoms with Crippen molar-refractivity contribution in [2.24, 2.45) is 0 Å². The molecule has 0 aliphatic heterocycles. The molecule has 0 bridgehead atoms. The molecular formula is C10H15F2N3O. The van der Waals surface area contributed by atoms with Crippen LogP contribution in [-0.4, -0.2) is 36.2 Å². The second-order valence-electron chi connectivity index (χ2n) is 3.33. The topological polar surface area (TPSA) is 47.0 Å². The predicted octanol–water partition coefficient (Wildman–Crippen LogP) is 1.79. The van der Waals surface area contributed by atoms with Gasteiger partial charge in [-0.3, -0.25) is 0 Å². The Labute approximate surface area is 93.1 Å². The molecule has 1 heterocycles. The molecule has 1 rings (SSSR count). The van der Waals surface area contributed by atoms with Gasteiger partial charge in [0, 0.05) is 18.3 Å². The van der Waals surface area contributed by atoms with Gasteiger partial charge in [0.15, 0.2) is 0 Å². The first-order valence-corrected chi connectivity index (χ1v) is 5.00. The van der Waals surface area contributed by atoms with Gasteiger partial charge in [-0.05, 0) is 13.8 Å². The average molecular weight is 231 g/mol. The Kier molecular flexibility index (Phi) is 5.04. The van der Waals surface area contributed by atoms with E-state index in [1.807, 2.05) is 6.92 Å². The number of aryl methyl sites for hydroxylation is 2. The van der Waals surface area contributed by atoms with Crippen LogP contribution in [0.5, 0.6) is 0 Å². The number of alkyl halides is 2. The van der Waals surface area contributed by atoms with Crippen molar-refractivity contribution in [2.75, 3.05) is 25.1 Å². The molecule has 0 spiro atoms. The first-order chi connectivity index (χ1) is 7.58. The van der Waals surface area contributed by atoms with Gasteiger partial charge < -0.3 is 10.1 Å². The maximum atomic E-state index is 11.7. The highest BCUT2D eigenvalue weighted by Gasteiger charge is 2.01. The van der Waals surface area contributed by atoms with Gasteiger partial charge in [-0.2, -0.15) is 0 Å². The van der Waals surface area contributed by atoms with Crippen LogP contribution < -0.4 is 5.32 Å². The van der Waals surface area contributed by atoms with E-state index in [0.717, 1.165) is 5.69 Å².